The minimum absolute atomic E-state index is 0. The SMILES string of the molecule is O=C(Cn1cc[n+](Cc2ccc3c(c2)CCO3)c1)c1ccc(Br)cc1.[Br-]. The van der Waals surface area contributed by atoms with Crippen LogP contribution in [0.3, 0.4) is 0 Å². The molecule has 0 unspecified atom stereocenters. The van der Waals surface area contributed by atoms with Crippen LogP contribution >= 0.6 is 15.9 Å². The van der Waals surface area contributed by atoms with Gasteiger partial charge in [-0.3, -0.25) is 4.79 Å². The summed E-state index contributed by atoms with van der Waals surface area (Å²) in [5.74, 6) is 1.11. The number of aromatic nitrogens is 2. The molecule has 0 spiro atoms. The van der Waals surface area contributed by atoms with Crippen molar-refractivity contribution in [1.29, 1.82) is 0 Å². The van der Waals surface area contributed by atoms with Crippen molar-refractivity contribution in [2.45, 2.75) is 19.5 Å². The Morgan fingerprint density at radius 2 is 2.00 bits per heavy atom. The molecular weight excluding hydrogens is 460 g/mol. The number of rotatable bonds is 5. The second-order valence-electron chi connectivity index (χ2n) is 6.23. The second-order valence-corrected chi connectivity index (χ2v) is 7.14. The molecule has 0 atom stereocenters. The van der Waals surface area contributed by atoms with Crippen molar-refractivity contribution < 1.29 is 31.1 Å². The van der Waals surface area contributed by atoms with E-state index in [9.17, 15) is 4.79 Å². The van der Waals surface area contributed by atoms with E-state index >= 15 is 0 Å². The van der Waals surface area contributed by atoms with E-state index in [1.54, 1.807) is 0 Å². The first-order chi connectivity index (χ1) is 12.2. The highest BCUT2D eigenvalue weighted by Crippen LogP contribution is 2.25. The third-order valence-corrected chi connectivity index (χ3v) is 4.89. The monoisotopic (exact) mass is 476 g/mol. The first-order valence-electron chi connectivity index (χ1n) is 8.25. The van der Waals surface area contributed by atoms with Crippen molar-refractivity contribution in [3.8, 4) is 5.75 Å². The van der Waals surface area contributed by atoms with Gasteiger partial charge in [0.25, 0.3) is 0 Å². The zero-order valence-corrected chi connectivity index (χ0v) is 17.2. The van der Waals surface area contributed by atoms with Gasteiger partial charge in [-0.05, 0) is 35.4 Å². The summed E-state index contributed by atoms with van der Waals surface area (Å²) in [7, 11) is 0. The number of halogens is 2. The van der Waals surface area contributed by atoms with E-state index in [2.05, 4.69) is 32.6 Å². The van der Waals surface area contributed by atoms with E-state index in [1.165, 1.54) is 11.1 Å². The van der Waals surface area contributed by atoms with Gasteiger partial charge in [0.2, 0.25) is 12.1 Å². The Labute approximate surface area is 171 Å². The van der Waals surface area contributed by atoms with Crippen LogP contribution in [0.2, 0.25) is 0 Å². The Kier molecular flexibility index (Phi) is 5.94. The minimum Gasteiger partial charge on any atom is -1.00 e. The molecule has 1 aliphatic heterocycles. The van der Waals surface area contributed by atoms with Crippen LogP contribution in [0.1, 0.15) is 21.5 Å². The Morgan fingerprint density at radius 1 is 1.19 bits per heavy atom. The summed E-state index contributed by atoms with van der Waals surface area (Å²) in [4.78, 5) is 12.4. The lowest BCUT2D eigenvalue weighted by Crippen LogP contribution is -3.00. The van der Waals surface area contributed by atoms with E-state index in [4.69, 9.17) is 4.74 Å². The summed E-state index contributed by atoms with van der Waals surface area (Å²) in [6, 6.07) is 13.8. The maximum absolute atomic E-state index is 12.4. The number of benzene rings is 2. The van der Waals surface area contributed by atoms with Gasteiger partial charge in [0.05, 0.1) is 6.61 Å². The molecule has 0 saturated carbocycles. The molecule has 4 nitrogen and oxygen atoms in total. The number of nitrogens with zero attached hydrogens (tertiary/aromatic N) is 2. The van der Waals surface area contributed by atoms with E-state index in [0.29, 0.717) is 6.54 Å². The normalized spacial score (nSPS) is 12.2. The number of carbonyl (C=O) groups is 1. The average Bonchev–Trinajstić information content (AvgIpc) is 3.24. The van der Waals surface area contributed by atoms with Crippen LogP contribution < -0.4 is 26.3 Å². The summed E-state index contributed by atoms with van der Waals surface area (Å²) in [6.07, 6.45) is 6.89. The fourth-order valence-electron chi connectivity index (χ4n) is 3.07. The summed E-state index contributed by atoms with van der Waals surface area (Å²) in [5, 5.41) is 0. The quantitative estimate of drug-likeness (QED) is 0.394. The lowest BCUT2D eigenvalue weighted by atomic mass is 10.1. The minimum atomic E-state index is 0. The third kappa shape index (κ3) is 4.24. The Morgan fingerprint density at radius 3 is 2.81 bits per heavy atom. The van der Waals surface area contributed by atoms with E-state index in [-0.39, 0.29) is 22.8 Å². The molecule has 134 valence electrons. The summed E-state index contributed by atoms with van der Waals surface area (Å²) in [6.45, 7) is 1.90. The van der Waals surface area contributed by atoms with Crippen molar-refractivity contribution in [2.75, 3.05) is 6.61 Å². The zero-order valence-electron chi connectivity index (χ0n) is 14.1. The van der Waals surface area contributed by atoms with Crippen LogP contribution in [0, 0.1) is 0 Å². The summed E-state index contributed by atoms with van der Waals surface area (Å²) in [5.41, 5.74) is 3.25. The Bertz CT molecular complexity index is 920. The number of ether oxygens (including phenoxy) is 1. The van der Waals surface area contributed by atoms with Crippen molar-refractivity contribution in [3.05, 3.63) is 82.3 Å². The Balaban J connectivity index is 0.00000196. The van der Waals surface area contributed by atoms with E-state index in [0.717, 1.165) is 35.4 Å². The van der Waals surface area contributed by atoms with Gasteiger partial charge in [-0.15, -0.1) is 0 Å². The number of imidazole rings is 1. The van der Waals surface area contributed by atoms with Crippen LogP contribution in [0.4, 0.5) is 0 Å². The fraction of sp³-hybridized carbons (Fsp3) is 0.200. The average molecular weight is 478 g/mol. The van der Waals surface area contributed by atoms with E-state index in [1.807, 2.05) is 53.6 Å². The highest BCUT2D eigenvalue weighted by atomic mass is 79.9. The first kappa shape index (κ1) is 18.9. The molecule has 0 amide bonds. The van der Waals surface area contributed by atoms with Crippen molar-refractivity contribution >= 4 is 21.7 Å². The molecule has 6 heteroatoms. The maximum atomic E-state index is 12.4. The maximum Gasteiger partial charge on any atom is 0.244 e. The smallest absolute Gasteiger partial charge is 0.244 e. The van der Waals surface area contributed by atoms with Crippen LogP contribution in [0.5, 0.6) is 5.75 Å². The fourth-order valence-corrected chi connectivity index (χ4v) is 3.33. The van der Waals surface area contributed by atoms with Crippen molar-refractivity contribution in [1.82, 2.24) is 4.57 Å². The highest BCUT2D eigenvalue weighted by molar-refractivity contribution is 9.10. The van der Waals surface area contributed by atoms with Crippen LogP contribution in [0.15, 0.2) is 65.7 Å². The van der Waals surface area contributed by atoms with Gasteiger partial charge in [-0.2, -0.15) is 0 Å². The molecule has 2 heterocycles. The van der Waals surface area contributed by atoms with Crippen LogP contribution in [-0.4, -0.2) is 17.0 Å². The highest BCUT2D eigenvalue weighted by Gasteiger charge is 2.14. The lowest BCUT2D eigenvalue weighted by molar-refractivity contribution is -0.687. The molecule has 0 saturated heterocycles. The zero-order chi connectivity index (χ0) is 17.2. The molecular formula is C20H18Br2N2O2. The molecule has 2 aromatic carbocycles. The molecule has 0 aliphatic carbocycles. The van der Waals surface area contributed by atoms with Crippen molar-refractivity contribution in [2.24, 2.45) is 0 Å². The molecule has 0 fully saturated rings. The molecule has 26 heavy (non-hydrogen) atoms. The van der Waals surface area contributed by atoms with Gasteiger partial charge in [-0.25, -0.2) is 9.13 Å². The number of hydrogen-bond acceptors (Lipinski definition) is 2. The largest absolute Gasteiger partial charge is 1.00 e. The number of hydrogen-bond donors (Lipinski definition) is 0. The molecule has 0 N–H and O–H groups in total. The number of fused-ring (bicyclic) bond motifs is 1. The van der Waals surface area contributed by atoms with Gasteiger partial charge in [-0.1, -0.05) is 34.1 Å². The van der Waals surface area contributed by atoms with Gasteiger partial charge < -0.3 is 21.7 Å². The topological polar surface area (TPSA) is 35.1 Å². The standard InChI is InChI=1S/C20H18BrN2O2.BrH/c21-18-4-2-16(3-5-18)19(24)13-23-9-8-22(14-23)12-15-1-6-20-17(11-15)7-10-25-20;/h1-6,8-9,11,14H,7,10,12-13H2;1H/q+1;/p-1. The Hall–Kier alpha value is -1.92. The number of ketones is 1. The number of Topliss-reactive ketones (excluding diaryl/α,β-unsaturated/α-hetero) is 1. The van der Waals surface area contributed by atoms with Crippen molar-refractivity contribution in [3.63, 3.8) is 0 Å². The van der Waals surface area contributed by atoms with Gasteiger partial charge in [0.15, 0.2) is 6.54 Å². The van der Waals surface area contributed by atoms with E-state index < -0.39 is 0 Å². The lowest BCUT2D eigenvalue weighted by Gasteiger charge is -2.02. The van der Waals surface area contributed by atoms with Gasteiger partial charge in [0.1, 0.15) is 24.7 Å². The van der Waals surface area contributed by atoms with Gasteiger partial charge in [0, 0.05) is 16.5 Å². The molecule has 0 bridgehead atoms. The molecule has 1 aromatic heterocycles. The molecule has 3 aromatic rings. The second kappa shape index (κ2) is 8.18. The predicted octanol–water partition coefficient (Wildman–Crippen LogP) is 0.408. The third-order valence-electron chi connectivity index (χ3n) is 4.36. The molecule has 4 rings (SSSR count). The molecule has 0 radical (unpaired) electrons. The first-order valence-corrected chi connectivity index (χ1v) is 9.05. The predicted molar refractivity (Wildman–Crippen MR) is 97.8 cm³/mol. The number of carbonyl (C=O) groups excluding carboxylic acids is 1. The summed E-state index contributed by atoms with van der Waals surface area (Å²) < 4.78 is 10.5. The molecule has 1 aliphatic rings. The summed E-state index contributed by atoms with van der Waals surface area (Å²) >= 11 is 3.39. The van der Waals surface area contributed by atoms with Crippen LogP contribution in [-0.2, 0) is 19.5 Å². The van der Waals surface area contributed by atoms with Gasteiger partial charge >= 0.3 is 0 Å². The van der Waals surface area contributed by atoms with Crippen LogP contribution in [0.25, 0.3) is 0 Å².